The number of rotatable bonds is 5. The van der Waals surface area contributed by atoms with Crippen LogP contribution >= 0.6 is 0 Å². The van der Waals surface area contributed by atoms with E-state index in [1.807, 2.05) is 30.3 Å². The Balaban J connectivity index is 2.16. The van der Waals surface area contributed by atoms with Crippen molar-refractivity contribution >= 4 is 26.7 Å². The van der Waals surface area contributed by atoms with Crippen molar-refractivity contribution < 1.29 is 17.9 Å². The number of aromatic nitrogens is 1. The van der Waals surface area contributed by atoms with Crippen LogP contribution in [0.15, 0.2) is 36.4 Å². The fraction of sp³-hybridized carbons (Fsp3) is 0.333. The third-order valence-corrected chi connectivity index (χ3v) is 4.87. The summed E-state index contributed by atoms with van der Waals surface area (Å²) in [6.07, 6.45) is 0. The van der Waals surface area contributed by atoms with Crippen molar-refractivity contribution in [3.63, 3.8) is 0 Å². The second-order valence-electron chi connectivity index (χ2n) is 4.97. The summed E-state index contributed by atoms with van der Waals surface area (Å²) in [5.41, 5.74) is 1.23. The molecule has 1 heterocycles. The van der Waals surface area contributed by atoms with E-state index in [-0.39, 0.29) is 11.5 Å². The van der Waals surface area contributed by atoms with Crippen LogP contribution in [-0.4, -0.2) is 32.2 Å². The minimum atomic E-state index is -3.42. The molecule has 112 valence electrons. The molecule has 1 aromatic carbocycles. The lowest BCUT2D eigenvalue weighted by molar-refractivity contribution is -0.144. The number of para-hydroxylation sites is 1. The SMILES string of the molecule is COC(=O)C(C)CS(=O)(=O)Cc1ccc2ccccc2n1. The first-order valence-electron chi connectivity index (χ1n) is 6.54. The average molecular weight is 307 g/mol. The van der Waals surface area contributed by atoms with E-state index in [4.69, 9.17) is 0 Å². The van der Waals surface area contributed by atoms with Gasteiger partial charge in [-0.15, -0.1) is 0 Å². The van der Waals surface area contributed by atoms with Crippen molar-refractivity contribution in [3.8, 4) is 0 Å². The molecule has 0 saturated heterocycles. The van der Waals surface area contributed by atoms with Gasteiger partial charge in [0, 0.05) is 5.39 Å². The molecule has 0 aliphatic carbocycles. The van der Waals surface area contributed by atoms with Crippen LogP contribution in [-0.2, 0) is 25.1 Å². The zero-order chi connectivity index (χ0) is 15.5. The summed E-state index contributed by atoms with van der Waals surface area (Å²) in [5.74, 6) is -1.63. The number of sulfone groups is 1. The minimum Gasteiger partial charge on any atom is -0.469 e. The van der Waals surface area contributed by atoms with E-state index in [2.05, 4.69) is 9.72 Å². The third kappa shape index (κ3) is 4.01. The predicted octanol–water partition coefficient (Wildman–Crippen LogP) is 1.96. The molecule has 0 spiro atoms. The quantitative estimate of drug-likeness (QED) is 0.789. The topological polar surface area (TPSA) is 73.3 Å². The van der Waals surface area contributed by atoms with E-state index in [9.17, 15) is 13.2 Å². The van der Waals surface area contributed by atoms with Gasteiger partial charge in [0.25, 0.3) is 0 Å². The normalized spacial score (nSPS) is 13.0. The summed E-state index contributed by atoms with van der Waals surface area (Å²) in [6, 6.07) is 11.0. The van der Waals surface area contributed by atoms with Gasteiger partial charge in [0.05, 0.1) is 35.7 Å². The smallest absolute Gasteiger partial charge is 0.309 e. The van der Waals surface area contributed by atoms with E-state index in [1.165, 1.54) is 14.0 Å². The van der Waals surface area contributed by atoms with E-state index >= 15 is 0 Å². The molecule has 1 unspecified atom stereocenters. The molecular weight excluding hydrogens is 290 g/mol. The number of methoxy groups -OCH3 is 1. The second kappa shape index (κ2) is 6.22. The van der Waals surface area contributed by atoms with E-state index in [0.29, 0.717) is 5.69 Å². The van der Waals surface area contributed by atoms with E-state index in [0.717, 1.165) is 10.9 Å². The fourth-order valence-electron chi connectivity index (χ4n) is 2.12. The monoisotopic (exact) mass is 307 g/mol. The maximum absolute atomic E-state index is 12.1. The van der Waals surface area contributed by atoms with Crippen molar-refractivity contribution in [2.75, 3.05) is 12.9 Å². The molecule has 0 bridgehead atoms. The standard InChI is InChI=1S/C15H17NO4S/c1-11(15(17)20-2)9-21(18,19)10-13-8-7-12-5-3-4-6-14(12)16-13/h3-8,11H,9-10H2,1-2H3. The van der Waals surface area contributed by atoms with E-state index < -0.39 is 21.7 Å². The van der Waals surface area contributed by atoms with Gasteiger partial charge in [-0.05, 0) is 12.1 Å². The molecule has 2 aromatic rings. The molecule has 0 amide bonds. The van der Waals surface area contributed by atoms with Gasteiger partial charge in [-0.3, -0.25) is 9.78 Å². The number of hydrogen-bond donors (Lipinski definition) is 0. The molecule has 6 heteroatoms. The first kappa shape index (κ1) is 15.4. The summed E-state index contributed by atoms with van der Waals surface area (Å²) >= 11 is 0. The number of hydrogen-bond acceptors (Lipinski definition) is 5. The van der Waals surface area contributed by atoms with Crippen molar-refractivity contribution in [1.82, 2.24) is 4.98 Å². The molecule has 1 aromatic heterocycles. The Morgan fingerprint density at radius 3 is 2.67 bits per heavy atom. The number of ether oxygens (including phenoxy) is 1. The molecule has 0 aliphatic heterocycles. The van der Waals surface area contributed by atoms with Crippen LogP contribution in [0.25, 0.3) is 10.9 Å². The molecule has 1 atom stereocenters. The van der Waals surface area contributed by atoms with Crippen molar-refractivity contribution in [1.29, 1.82) is 0 Å². The zero-order valence-corrected chi connectivity index (χ0v) is 12.8. The first-order chi connectivity index (χ1) is 9.91. The van der Waals surface area contributed by atoms with Gasteiger partial charge in [-0.25, -0.2) is 8.42 Å². The summed E-state index contributed by atoms with van der Waals surface area (Å²) in [6.45, 7) is 1.54. The summed E-state index contributed by atoms with van der Waals surface area (Å²) in [4.78, 5) is 15.7. The van der Waals surface area contributed by atoms with Crippen LogP contribution in [0.3, 0.4) is 0 Å². The maximum atomic E-state index is 12.1. The number of fused-ring (bicyclic) bond motifs is 1. The lowest BCUT2D eigenvalue weighted by Gasteiger charge is -2.10. The van der Waals surface area contributed by atoms with E-state index in [1.54, 1.807) is 6.07 Å². The number of esters is 1. The first-order valence-corrected chi connectivity index (χ1v) is 8.36. The van der Waals surface area contributed by atoms with Crippen molar-refractivity contribution in [3.05, 3.63) is 42.1 Å². The highest BCUT2D eigenvalue weighted by Gasteiger charge is 2.23. The highest BCUT2D eigenvalue weighted by atomic mass is 32.2. The van der Waals surface area contributed by atoms with Crippen molar-refractivity contribution in [2.24, 2.45) is 5.92 Å². The Hall–Kier alpha value is -1.95. The third-order valence-electron chi connectivity index (χ3n) is 3.13. The lowest BCUT2D eigenvalue weighted by atomic mass is 10.2. The average Bonchev–Trinajstić information content (AvgIpc) is 2.45. The molecule has 0 N–H and O–H groups in total. The lowest BCUT2D eigenvalue weighted by Crippen LogP contribution is -2.23. The van der Waals surface area contributed by atoms with Gasteiger partial charge < -0.3 is 4.74 Å². The predicted molar refractivity (Wildman–Crippen MR) is 80.4 cm³/mol. The van der Waals surface area contributed by atoms with Crippen LogP contribution in [0.1, 0.15) is 12.6 Å². The maximum Gasteiger partial charge on any atom is 0.309 e. The number of benzene rings is 1. The molecule has 2 rings (SSSR count). The van der Waals surface area contributed by atoms with Crippen LogP contribution in [0, 0.1) is 5.92 Å². The molecular formula is C15H17NO4S. The van der Waals surface area contributed by atoms with Gasteiger partial charge >= 0.3 is 5.97 Å². The molecule has 0 saturated carbocycles. The van der Waals surface area contributed by atoms with Crippen LogP contribution < -0.4 is 0 Å². The van der Waals surface area contributed by atoms with Gasteiger partial charge in [0.15, 0.2) is 9.84 Å². The number of carbonyl (C=O) groups excluding carboxylic acids is 1. The number of carbonyl (C=O) groups is 1. The Morgan fingerprint density at radius 2 is 1.95 bits per heavy atom. The Morgan fingerprint density at radius 1 is 1.24 bits per heavy atom. The van der Waals surface area contributed by atoms with Gasteiger partial charge in [-0.1, -0.05) is 31.2 Å². The summed E-state index contributed by atoms with van der Waals surface area (Å²) in [7, 11) is -2.17. The largest absolute Gasteiger partial charge is 0.469 e. The Bertz CT molecular complexity index is 755. The summed E-state index contributed by atoms with van der Waals surface area (Å²) in [5, 5.41) is 0.960. The molecule has 5 nitrogen and oxygen atoms in total. The highest BCUT2D eigenvalue weighted by Crippen LogP contribution is 2.15. The molecule has 0 aliphatic rings. The van der Waals surface area contributed by atoms with Gasteiger partial charge in [0.2, 0.25) is 0 Å². The van der Waals surface area contributed by atoms with Gasteiger partial charge in [-0.2, -0.15) is 0 Å². The minimum absolute atomic E-state index is 0.181. The van der Waals surface area contributed by atoms with Crippen LogP contribution in [0.4, 0.5) is 0 Å². The Kier molecular flexibility index (Phi) is 4.57. The van der Waals surface area contributed by atoms with Gasteiger partial charge in [0.1, 0.15) is 0 Å². The molecule has 0 radical (unpaired) electrons. The number of pyridine rings is 1. The summed E-state index contributed by atoms with van der Waals surface area (Å²) < 4.78 is 28.8. The number of nitrogens with zero attached hydrogens (tertiary/aromatic N) is 1. The second-order valence-corrected chi connectivity index (χ2v) is 7.08. The Labute approximate surface area is 123 Å². The van der Waals surface area contributed by atoms with Crippen LogP contribution in [0.2, 0.25) is 0 Å². The van der Waals surface area contributed by atoms with Crippen molar-refractivity contribution in [2.45, 2.75) is 12.7 Å². The highest BCUT2D eigenvalue weighted by molar-refractivity contribution is 7.90. The molecule has 0 fully saturated rings. The molecule has 21 heavy (non-hydrogen) atoms. The fourth-order valence-corrected chi connectivity index (χ4v) is 3.75. The van der Waals surface area contributed by atoms with Crippen LogP contribution in [0.5, 0.6) is 0 Å². The zero-order valence-electron chi connectivity index (χ0n) is 11.9.